The lowest BCUT2D eigenvalue weighted by Crippen LogP contribution is -2.29. The molecular weight excluding hydrogens is 390 g/mol. The van der Waals surface area contributed by atoms with Crippen LogP contribution < -0.4 is 5.32 Å². The highest BCUT2D eigenvalue weighted by molar-refractivity contribution is 9.10. The predicted molar refractivity (Wildman–Crippen MR) is 101 cm³/mol. The van der Waals surface area contributed by atoms with Gasteiger partial charge >= 0.3 is 5.97 Å². The Morgan fingerprint density at radius 2 is 2.00 bits per heavy atom. The second-order valence-electron chi connectivity index (χ2n) is 5.59. The second kappa shape index (κ2) is 7.94. The monoisotopic (exact) mass is 409 g/mol. The van der Waals surface area contributed by atoms with Gasteiger partial charge in [-0.05, 0) is 72.4 Å². The lowest BCUT2D eigenvalue weighted by atomic mass is 10.2. The van der Waals surface area contributed by atoms with E-state index in [2.05, 4.69) is 21.2 Å². The molecular formula is C18H20BrNO3S. The maximum atomic E-state index is 12.2. The smallest absolute Gasteiger partial charge is 0.349 e. The highest BCUT2D eigenvalue weighted by Crippen LogP contribution is 2.25. The molecule has 0 aliphatic rings. The van der Waals surface area contributed by atoms with E-state index < -0.39 is 12.1 Å². The number of hydrogen-bond acceptors (Lipinski definition) is 4. The molecule has 1 N–H and O–H groups in total. The number of carbonyl (C=O) groups is 2. The van der Waals surface area contributed by atoms with Crippen LogP contribution in [0.15, 0.2) is 28.7 Å². The van der Waals surface area contributed by atoms with Gasteiger partial charge in [-0.2, -0.15) is 0 Å². The van der Waals surface area contributed by atoms with Crippen molar-refractivity contribution in [2.24, 2.45) is 0 Å². The number of hydrogen-bond donors (Lipinski definition) is 1. The summed E-state index contributed by atoms with van der Waals surface area (Å²) in [5.41, 5.74) is 2.81. The van der Waals surface area contributed by atoms with Crippen molar-refractivity contribution in [2.75, 3.05) is 5.32 Å². The molecule has 0 bridgehead atoms. The number of carbonyl (C=O) groups excluding carboxylic acids is 2. The van der Waals surface area contributed by atoms with Crippen molar-refractivity contribution >= 4 is 44.8 Å². The molecule has 0 fully saturated rings. The number of halogens is 1. The van der Waals surface area contributed by atoms with Gasteiger partial charge in [-0.1, -0.05) is 13.0 Å². The SMILES string of the molecule is CCc1sc(C(=O)O[C@H](C)C(=O)Nc2ccc(C)cc2Br)cc1C. The van der Waals surface area contributed by atoms with Gasteiger partial charge in [-0.15, -0.1) is 11.3 Å². The summed E-state index contributed by atoms with van der Waals surface area (Å²) in [4.78, 5) is 26.1. The number of nitrogens with one attached hydrogen (secondary N) is 1. The van der Waals surface area contributed by atoms with E-state index in [1.807, 2.05) is 45.0 Å². The Balaban J connectivity index is 2.01. The van der Waals surface area contributed by atoms with Crippen LogP contribution in [0.25, 0.3) is 0 Å². The number of ether oxygens (including phenoxy) is 1. The first-order valence-corrected chi connectivity index (χ1v) is 9.30. The van der Waals surface area contributed by atoms with Crippen LogP contribution in [-0.4, -0.2) is 18.0 Å². The molecule has 6 heteroatoms. The number of amides is 1. The molecule has 24 heavy (non-hydrogen) atoms. The highest BCUT2D eigenvalue weighted by Gasteiger charge is 2.21. The molecule has 1 aromatic heterocycles. The molecule has 0 unspecified atom stereocenters. The molecule has 0 spiro atoms. The second-order valence-corrected chi connectivity index (χ2v) is 7.58. The number of aryl methyl sites for hydroxylation is 3. The molecule has 0 radical (unpaired) electrons. The number of rotatable bonds is 5. The van der Waals surface area contributed by atoms with Gasteiger partial charge < -0.3 is 10.1 Å². The van der Waals surface area contributed by atoms with E-state index in [-0.39, 0.29) is 5.91 Å². The summed E-state index contributed by atoms with van der Waals surface area (Å²) in [5, 5.41) is 2.76. The van der Waals surface area contributed by atoms with E-state index in [0.717, 1.165) is 26.9 Å². The number of esters is 1. The van der Waals surface area contributed by atoms with Crippen molar-refractivity contribution in [3.05, 3.63) is 49.6 Å². The Morgan fingerprint density at radius 3 is 2.58 bits per heavy atom. The van der Waals surface area contributed by atoms with Crippen molar-refractivity contribution in [3.63, 3.8) is 0 Å². The maximum absolute atomic E-state index is 12.2. The van der Waals surface area contributed by atoms with Crippen LogP contribution in [-0.2, 0) is 16.0 Å². The van der Waals surface area contributed by atoms with E-state index in [1.54, 1.807) is 6.92 Å². The molecule has 4 nitrogen and oxygen atoms in total. The van der Waals surface area contributed by atoms with Gasteiger partial charge in [-0.25, -0.2) is 4.79 Å². The first-order chi connectivity index (χ1) is 11.3. The topological polar surface area (TPSA) is 55.4 Å². The third-order valence-electron chi connectivity index (χ3n) is 3.58. The Hall–Kier alpha value is -1.66. The van der Waals surface area contributed by atoms with Crippen LogP contribution in [0.5, 0.6) is 0 Å². The van der Waals surface area contributed by atoms with Crippen LogP contribution in [0, 0.1) is 13.8 Å². The lowest BCUT2D eigenvalue weighted by Gasteiger charge is -2.14. The summed E-state index contributed by atoms with van der Waals surface area (Å²) < 4.78 is 6.08. The molecule has 2 aromatic rings. The average Bonchev–Trinajstić information content (AvgIpc) is 2.91. The Kier molecular flexibility index (Phi) is 6.18. The molecule has 1 heterocycles. The van der Waals surface area contributed by atoms with Gasteiger partial charge in [0.2, 0.25) is 0 Å². The minimum atomic E-state index is -0.877. The molecule has 0 aliphatic carbocycles. The van der Waals surface area contributed by atoms with E-state index in [4.69, 9.17) is 4.74 Å². The zero-order valence-electron chi connectivity index (χ0n) is 14.1. The summed E-state index contributed by atoms with van der Waals surface area (Å²) in [6.07, 6.45) is -0.000420. The van der Waals surface area contributed by atoms with E-state index in [0.29, 0.717) is 10.6 Å². The standard InChI is InChI=1S/C18H20BrNO3S/c1-5-15-11(3)9-16(24-15)18(22)23-12(4)17(21)20-14-7-6-10(2)8-13(14)19/h6-9,12H,5H2,1-4H3,(H,20,21)/t12-/m1/s1. The number of benzene rings is 1. The van der Waals surface area contributed by atoms with Crippen molar-refractivity contribution < 1.29 is 14.3 Å². The molecule has 2 rings (SSSR count). The van der Waals surface area contributed by atoms with Gasteiger partial charge in [-0.3, -0.25) is 4.79 Å². The summed E-state index contributed by atoms with van der Waals surface area (Å²) >= 11 is 4.83. The molecule has 0 saturated heterocycles. The first kappa shape index (κ1) is 18.7. The fraction of sp³-hybridized carbons (Fsp3) is 0.333. The minimum Gasteiger partial charge on any atom is -0.448 e. The summed E-state index contributed by atoms with van der Waals surface area (Å²) in [6.45, 7) is 7.55. The minimum absolute atomic E-state index is 0.364. The molecule has 0 aliphatic heterocycles. The van der Waals surface area contributed by atoms with Crippen LogP contribution in [0.4, 0.5) is 5.69 Å². The van der Waals surface area contributed by atoms with Crippen LogP contribution in [0.2, 0.25) is 0 Å². The van der Waals surface area contributed by atoms with Gasteiger partial charge in [0.1, 0.15) is 4.88 Å². The quantitative estimate of drug-likeness (QED) is 0.716. The third kappa shape index (κ3) is 4.45. The van der Waals surface area contributed by atoms with Gasteiger partial charge in [0.15, 0.2) is 6.10 Å². The third-order valence-corrected chi connectivity index (χ3v) is 5.60. The molecule has 1 amide bonds. The fourth-order valence-electron chi connectivity index (χ4n) is 2.20. The summed E-state index contributed by atoms with van der Waals surface area (Å²) in [7, 11) is 0. The number of thiophene rings is 1. The molecule has 1 aromatic carbocycles. The summed E-state index contributed by atoms with van der Waals surface area (Å²) in [5.74, 6) is -0.828. The van der Waals surface area contributed by atoms with E-state index in [1.165, 1.54) is 11.3 Å². The number of anilines is 1. The lowest BCUT2D eigenvalue weighted by molar-refractivity contribution is -0.123. The van der Waals surface area contributed by atoms with Crippen molar-refractivity contribution in [2.45, 2.75) is 40.2 Å². The Morgan fingerprint density at radius 1 is 1.29 bits per heavy atom. The molecule has 1 atom stereocenters. The largest absolute Gasteiger partial charge is 0.448 e. The zero-order valence-corrected chi connectivity index (χ0v) is 16.5. The highest BCUT2D eigenvalue weighted by atomic mass is 79.9. The Bertz CT molecular complexity index is 770. The van der Waals surface area contributed by atoms with E-state index in [9.17, 15) is 9.59 Å². The van der Waals surface area contributed by atoms with Crippen LogP contribution in [0.1, 0.15) is 39.5 Å². The van der Waals surface area contributed by atoms with Crippen molar-refractivity contribution in [1.29, 1.82) is 0 Å². The molecule has 128 valence electrons. The zero-order chi connectivity index (χ0) is 17.9. The fourth-order valence-corrected chi connectivity index (χ4v) is 3.79. The maximum Gasteiger partial charge on any atom is 0.349 e. The van der Waals surface area contributed by atoms with Crippen LogP contribution >= 0.6 is 27.3 Å². The average molecular weight is 410 g/mol. The van der Waals surface area contributed by atoms with Crippen molar-refractivity contribution in [3.8, 4) is 0 Å². The van der Waals surface area contributed by atoms with E-state index >= 15 is 0 Å². The molecule has 0 saturated carbocycles. The first-order valence-electron chi connectivity index (χ1n) is 7.69. The van der Waals surface area contributed by atoms with Gasteiger partial charge in [0.05, 0.1) is 5.69 Å². The predicted octanol–water partition coefficient (Wildman–Crippen LogP) is 4.87. The van der Waals surface area contributed by atoms with Gasteiger partial charge in [0.25, 0.3) is 5.91 Å². The van der Waals surface area contributed by atoms with Crippen LogP contribution in [0.3, 0.4) is 0 Å². The van der Waals surface area contributed by atoms with Gasteiger partial charge in [0, 0.05) is 9.35 Å². The van der Waals surface area contributed by atoms with Crippen molar-refractivity contribution in [1.82, 2.24) is 0 Å². The normalized spacial score (nSPS) is 11.9. The Labute approximate surface area is 154 Å². The summed E-state index contributed by atoms with van der Waals surface area (Å²) in [6, 6.07) is 7.43.